The van der Waals surface area contributed by atoms with Crippen LogP contribution in [0.3, 0.4) is 0 Å². The molecule has 3 rings (SSSR count). The minimum atomic E-state index is -0.676. The first-order chi connectivity index (χ1) is 10.7. The summed E-state index contributed by atoms with van der Waals surface area (Å²) in [5, 5.41) is 4.04. The van der Waals surface area contributed by atoms with Crippen molar-refractivity contribution in [2.75, 3.05) is 13.7 Å². The Morgan fingerprint density at radius 3 is 2.23 bits per heavy atom. The molecular formula is C17H14N2O3. The number of isocyanates is 1. The second-order valence-corrected chi connectivity index (χ2v) is 5.02. The van der Waals surface area contributed by atoms with Gasteiger partial charge in [0.05, 0.1) is 0 Å². The van der Waals surface area contributed by atoms with Crippen molar-refractivity contribution >= 4 is 12.2 Å². The van der Waals surface area contributed by atoms with Gasteiger partial charge >= 0.3 is 6.09 Å². The van der Waals surface area contributed by atoms with Crippen LogP contribution in [0, 0.1) is 0 Å². The van der Waals surface area contributed by atoms with Crippen molar-refractivity contribution in [2.45, 2.75) is 5.92 Å². The molecule has 5 heteroatoms. The number of hydrogen-bond donors (Lipinski definition) is 0. The fraction of sp³-hybridized carbons (Fsp3) is 0.176. The number of carbonyl (C=O) groups is 1. The maximum atomic E-state index is 11.7. The van der Waals surface area contributed by atoms with Crippen LogP contribution >= 0.6 is 0 Å². The number of nitrogens with zero attached hydrogens (tertiary/aromatic N) is 2. The number of ether oxygens (including phenoxy) is 1. The number of hydrogen-bond acceptors (Lipinski definition) is 4. The van der Waals surface area contributed by atoms with E-state index in [1.54, 1.807) is 0 Å². The summed E-state index contributed by atoms with van der Waals surface area (Å²) in [6, 6.07) is 16.2. The van der Waals surface area contributed by atoms with Crippen LogP contribution < -0.4 is 0 Å². The van der Waals surface area contributed by atoms with Crippen molar-refractivity contribution in [3.63, 3.8) is 0 Å². The lowest BCUT2D eigenvalue weighted by Crippen LogP contribution is -2.24. The molecule has 0 saturated heterocycles. The third-order valence-corrected chi connectivity index (χ3v) is 3.79. The Morgan fingerprint density at radius 2 is 1.68 bits per heavy atom. The fourth-order valence-corrected chi connectivity index (χ4v) is 2.79. The predicted molar refractivity (Wildman–Crippen MR) is 81.0 cm³/mol. The van der Waals surface area contributed by atoms with E-state index in [-0.39, 0.29) is 12.5 Å². The van der Waals surface area contributed by atoms with Crippen molar-refractivity contribution in [3.8, 4) is 11.1 Å². The van der Waals surface area contributed by atoms with Crippen LogP contribution in [-0.2, 0) is 9.53 Å². The second-order valence-electron chi connectivity index (χ2n) is 5.02. The first kappa shape index (κ1) is 14.0. The first-order valence-corrected chi connectivity index (χ1v) is 6.89. The zero-order valence-electron chi connectivity index (χ0n) is 12.0. The number of benzene rings is 2. The molecule has 0 radical (unpaired) electrons. The summed E-state index contributed by atoms with van der Waals surface area (Å²) in [6.45, 7) is 0.200. The minimum absolute atomic E-state index is 0.00930. The van der Waals surface area contributed by atoms with Gasteiger partial charge in [-0.25, -0.2) is 9.59 Å². The molecule has 2 aromatic rings. The Balaban J connectivity index is 1.85. The van der Waals surface area contributed by atoms with Gasteiger partial charge in [0.15, 0.2) is 0 Å². The minimum Gasteiger partial charge on any atom is -0.447 e. The monoisotopic (exact) mass is 294 g/mol. The Labute approximate surface area is 127 Å². The molecule has 110 valence electrons. The molecule has 0 N–H and O–H groups in total. The van der Waals surface area contributed by atoms with Crippen LogP contribution in [0.15, 0.2) is 53.6 Å². The lowest BCUT2D eigenvalue weighted by molar-refractivity contribution is 0.109. The third kappa shape index (κ3) is 2.38. The van der Waals surface area contributed by atoms with Crippen molar-refractivity contribution in [1.29, 1.82) is 0 Å². The molecule has 22 heavy (non-hydrogen) atoms. The van der Waals surface area contributed by atoms with Gasteiger partial charge in [-0.1, -0.05) is 53.6 Å². The van der Waals surface area contributed by atoms with E-state index in [9.17, 15) is 9.59 Å². The molecule has 1 amide bonds. The molecule has 1 aliphatic rings. The molecule has 0 heterocycles. The zero-order valence-corrected chi connectivity index (χ0v) is 12.0. The Kier molecular flexibility index (Phi) is 3.73. The topological polar surface area (TPSA) is 59.0 Å². The normalized spacial score (nSPS) is 12.0. The average molecular weight is 294 g/mol. The maximum Gasteiger partial charge on any atom is 0.430 e. The quantitative estimate of drug-likeness (QED) is 0.496. The Morgan fingerprint density at radius 1 is 1.14 bits per heavy atom. The highest BCUT2D eigenvalue weighted by atomic mass is 16.6. The summed E-state index contributed by atoms with van der Waals surface area (Å²) in [5.41, 5.74) is 4.60. The molecule has 0 spiro atoms. The number of rotatable bonds is 3. The standard InChI is InChI=1S/C17H14N2O3/c1-19(18-11-20)17(21)22-10-16-14-8-4-2-6-12(14)13-7-3-5-9-15(13)16/h2-9,16H,10H2,1H3. The van der Waals surface area contributed by atoms with Gasteiger partial charge in [-0.3, -0.25) is 0 Å². The van der Waals surface area contributed by atoms with Gasteiger partial charge in [-0.05, 0) is 22.3 Å². The molecule has 0 atom stereocenters. The van der Waals surface area contributed by atoms with Gasteiger partial charge < -0.3 is 4.74 Å². The van der Waals surface area contributed by atoms with Crippen LogP contribution in [-0.4, -0.2) is 30.8 Å². The molecular weight excluding hydrogens is 280 g/mol. The molecule has 0 saturated carbocycles. The van der Waals surface area contributed by atoms with E-state index in [2.05, 4.69) is 17.2 Å². The van der Waals surface area contributed by atoms with E-state index in [1.165, 1.54) is 24.3 Å². The van der Waals surface area contributed by atoms with Crippen LogP contribution in [0.2, 0.25) is 0 Å². The molecule has 0 unspecified atom stereocenters. The largest absolute Gasteiger partial charge is 0.447 e. The first-order valence-electron chi connectivity index (χ1n) is 6.89. The average Bonchev–Trinajstić information content (AvgIpc) is 2.87. The van der Waals surface area contributed by atoms with Crippen molar-refractivity contribution in [2.24, 2.45) is 5.10 Å². The number of fused-ring (bicyclic) bond motifs is 3. The fourth-order valence-electron chi connectivity index (χ4n) is 2.79. The maximum absolute atomic E-state index is 11.7. The third-order valence-electron chi connectivity index (χ3n) is 3.79. The van der Waals surface area contributed by atoms with Gasteiger partial charge in [0.1, 0.15) is 6.61 Å². The molecule has 5 nitrogen and oxygen atoms in total. The molecule has 2 aromatic carbocycles. The highest BCUT2D eigenvalue weighted by molar-refractivity contribution is 5.79. The Bertz CT molecular complexity index is 721. The summed E-state index contributed by atoms with van der Waals surface area (Å²) in [7, 11) is 1.35. The van der Waals surface area contributed by atoms with Crippen molar-refractivity contribution in [1.82, 2.24) is 5.01 Å². The van der Waals surface area contributed by atoms with E-state index in [0.717, 1.165) is 16.1 Å². The van der Waals surface area contributed by atoms with Gasteiger partial charge in [-0.15, -0.1) is 0 Å². The van der Waals surface area contributed by atoms with Crippen LogP contribution in [0.5, 0.6) is 0 Å². The summed E-state index contributed by atoms with van der Waals surface area (Å²) in [4.78, 5) is 21.9. The summed E-state index contributed by atoms with van der Waals surface area (Å²) in [6.07, 6.45) is 0.632. The van der Waals surface area contributed by atoms with Crippen LogP contribution in [0.25, 0.3) is 11.1 Å². The van der Waals surface area contributed by atoms with Crippen molar-refractivity contribution < 1.29 is 14.3 Å². The zero-order chi connectivity index (χ0) is 15.5. The number of amides is 1. The Hall–Kier alpha value is -2.91. The molecule has 1 aliphatic carbocycles. The second kappa shape index (κ2) is 5.84. The predicted octanol–water partition coefficient (Wildman–Crippen LogP) is 3.12. The number of carbonyl (C=O) groups excluding carboxylic acids is 2. The van der Waals surface area contributed by atoms with Crippen molar-refractivity contribution in [3.05, 3.63) is 59.7 Å². The summed E-state index contributed by atoms with van der Waals surface area (Å²) >= 11 is 0. The van der Waals surface area contributed by atoms with Crippen LogP contribution in [0.4, 0.5) is 4.79 Å². The van der Waals surface area contributed by atoms with E-state index >= 15 is 0 Å². The van der Waals surface area contributed by atoms with Gasteiger partial charge in [0.2, 0.25) is 0 Å². The van der Waals surface area contributed by atoms with Gasteiger partial charge in [0.25, 0.3) is 6.08 Å². The smallest absolute Gasteiger partial charge is 0.430 e. The summed E-state index contributed by atoms with van der Waals surface area (Å²) < 4.78 is 5.27. The van der Waals surface area contributed by atoms with Crippen LogP contribution in [0.1, 0.15) is 17.0 Å². The van der Waals surface area contributed by atoms with E-state index in [4.69, 9.17) is 4.74 Å². The SMILES string of the molecule is CN(N=C=O)C(=O)OCC1c2ccccc2-c2ccccc21. The molecule has 0 aliphatic heterocycles. The summed E-state index contributed by atoms with van der Waals surface area (Å²) in [5.74, 6) is -0.00930. The highest BCUT2D eigenvalue weighted by Gasteiger charge is 2.29. The van der Waals surface area contributed by atoms with E-state index in [1.807, 2.05) is 36.4 Å². The molecule has 0 aromatic heterocycles. The number of hydrazone groups is 1. The lowest BCUT2D eigenvalue weighted by Gasteiger charge is -2.15. The lowest BCUT2D eigenvalue weighted by atomic mass is 9.98. The van der Waals surface area contributed by atoms with E-state index < -0.39 is 6.09 Å². The molecule has 0 fully saturated rings. The molecule has 0 bridgehead atoms. The van der Waals surface area contributed by atoms with Gasteiger partial charge in [-0.2, -0.15) is 5.01 Å². The van der Waals surface area contributed by atoms with Gasteiger partial charge in [0, 0.05) is 13.0 Å². The van der Waals surface area contributed by atoms with E-state index in [0.29, 0.717) is 0 Å². The highest BCUT2D eigenvalue weighted by Crippen LogP contribution is 2.44.